The van der Waals surface area contributed by atoms with Gasteiger partial charge in [-0.05, 0) is 50.6 Å². The minimum Gasteiger partial charge on any atom is -0.497 e. The maximum atomic E-state index is 10.2. The van der Waals surface area contributed by atoms with Crippen LogP contribution in [0.3, 0.4) is 0 Å². The number of likely N-dealkylation sites (tertiary alicyclic amines) is 1. The van der Waals surface area contributed by atoms with E-state index in [0.29, 0.717) is 0 Å². The van der Waals surface area contributed by atoms with Crippen LogP contribution in [0.1, 0.15) is 31.7 Å². The van der Waals surface area contributed by atoms with Gasteiger partial charge in [0, 0.05) is 25.0 Å². The SMILES string of the molecule is CCOC1CC(O)C12CCN(Cc1cccc(OC)c1)CC2. The van der Waals surface area contributed by atoms with Crippen molar-refractivity contribution >= 4 is 0 Å². The number of aliphatic hydroxyl groups is 1. The first-order valence-corrected chi connectivity index (χ1v) is 8.33. The molecule has 1 aliphatic heterocycles. The molecule has 122 valence electrons. The van der Waals surface area contributed by atoms with Crippen molar-refractivity contribution in [3.05, 3.63) is 29.8 Å². The van der Waals surface area contributed by atoms with Crippen LogP contribution in [0.4, 0.5) is 0 Å². The Labute approximate surface area is 133 Å². The molecule has 0 aromatic heterocycles. The van der Waals surface area contributed by atoms with Gasteiger partial charge in [-0.3, -0.25) is 4.90 Å². The van der Waals surface area contributed by atoms with Crippen LogP contribution >= 0.6 is 0 Å². The second kappa shape index (κ2) is 6.57. The van der Waals surface area contributed by atoms with Crippen molar-refractivity contribution in [2.24, 2.45) is 5.41 Å². The Bertz CT molecular complexity index is 495. The molecule has 4 nitrogen and oxygen atoms in total. The molecule has 0 bridgehead atoms. The third-order valence-electron chi connectivity index (χ3n) is 5.44. The van der Waals surface area contributed by atoms with Crippen molar-refractivity contribution in [2.45, 2.75) is 44.9 Å². The molecule has 3 rings (SSSR count). The van der Waals surface area contributed by atoms with Gasteiger partial charge in [-0.1, -0.05) is 12.1 Å². The van der Waals surface area contributed by atoms with E-state index in [1.165, 1.54) is 5.56 Å². The van der Waals surface area contributed by atoms with Crippen molar-refractivity contribution in [1.82, 2.24) is 4.90 Å². The quantitative estimate of drug-likeness (QED) is 0.907. The van der Waals surface area contributed by atoms with Gasteiger partial charge in [0.2, 0.25) is 0 Å². The highest BCUT2D eigenvalue weighted by Gasteiger charge is 2.55. The molecule has 1 aromatic rings. The Morgan fingerprint density at radius 3 is 2.73 bits per heavy atom. The first-order chi connectivity index (χ1) is 10.7. The van der Waals surface area contributed by atoms with Crippen LogP contribution in [-0.2, 0) is 11.3 Å². The van der Waals surface area contributed by atoms with Crippen LogP contribution < -0.4 is 4.74 Å². The average Bonchev–Trinajstić information content (AvgIpc) is 2.55. The molecule has 1 saturated carbocycles. The predicted octanol–water partition coefficient (Wildman–Crippen LogP) is 2.45. The van der Waals surface area contributed by atoms with E-state index >= 15 is 0 Å². The Kier molecular flexibility index (Phi) is 4.71. The summed E-state index contributed by atoms with van der Waals surface area (Å²) < 4.78 is 11.1. The minimum absolute atomic E-state index is 0.0148. The van der Waals surface area contributed by atoms with Crippen LogP contribution in [-0.4, -0.2) is 49.0 Å². The van der Waals surface area contributed by atoms with Crippen LogP contribution in [0.5, 0.6) is 5.75 Å². The second-order valence-corrected chi connectivity index (χ2v) is 6.56. The van der Waals surface area contributed by atoms with Crippen LogP contribution in [0, 0.1) is 5.41 Å². The van der Waals surface area contributed by atoms with Crippen molar-refractivity contribution in [3.63, 3.8) is 0 Å². The molecule has 1 heterocycles. The average molecular weight is 305 g/mol. The largest absolute Gasteiger partial charge is 0.497 e. The number of hydrogen-bond donors (Lipinski definition) is 1. The molecule has 22 heavy (non-hydrogen) atoms. The summed E-state index contributed by atoms with van der Waals surface area (Å²) in [6.07, 6.45) is 2.95. The Balaban J connectivity index is 1.57. The zero-order valence-corrected chi connectivity index (χ0v) is 13.6. The van der Waals surface area contributed by atoms with Crippen molar-refractivity contribution < 1.29 is 14.6 Å². The molecule has 0 amide bonds. The third kappa shape index (κ3) is 2.87. The Hall–Kier alpha value is -1.10. The highest BCUT2D eigenvalue weighted by Crippen LogP contribution is 2.51. The van der Waals surface area contributed by atoms with E-state index in [9.17, 15) is 5.11 Å². The maximum absolute atomic E-state index is 10.2. The number of hydrogen-bond acceptors (Lipinski definition) is 4. The number of benzene rings is 1. The fourth-order valence-electron chi connectivity index (χ4n) is 3.97. The van der Waals surface area contributed by atoms with Crippen LogP contribution in [0.25, 0.3) is 0 Å². The van der Waals surface area contributed by atoms with E-state index in [1.807, 2.05) is 19.1 Å². The Morgan fingerprint density at radius 1 is 1.32 bits per heavy atom. The summed E-state index contributed by atoms with van der Waals surface area (Å²) >= 11 is 0. The molecule has 0 radical (unpaired) electrons. The molecular weight excluding hydrogens is 278 g/mol. The lowest BCUT2D eigenvalue weighted by molar-refractivity contribution is -0.209. The molecule has 2 atom stereocenters. The van der Waals surface area contributed by atoms with E-state index in [0.717, 1.165) is 51.3 Å². The molecule has 1 aliphatic carbocycles. The van der Waals surface area contributed by atoms with E-state index in [1.54, 1.807) is 7.11 Å². The highest BCUT2D eigenvalue weighted by molar-refractivity contribution is 5.28. The molecule has 2 aliphatic rings. The van der Waals surface area contributed by atoms with Crippen molar-refractivity contribution in [3.8, 4) is 5.75 Å². The fraction of sp³-hybridized carbons (Fsp3) is 0.667. The summed E-state index contributed by atoms with van der Waals surface area (Å²) in [5.41, 5.74) is 1.30. The lowest BCUT2D eigenvalue weighted by Crippen LogP contribution is -2.62. The lowest BCUT2D eigenvalue weighted by Gasteiger charge is -2.56. The van der Waals surface area contributed by atoms with Gasteiger partial charge in [-0.2, -0.15) is 0 Å². The Morgan fingerprint density at radius 2 is 2.09 bits per heavy atom. The van der Waals surface area contributed by atoms with Crippen LogP contribution in [0.2, 0.25) is 0 Å². The van der Waals surface area contributed by atoms with E-state index in [-0.39, 0.29) is 17.6 Å². The smallest absolute Gasteiger partial charge is 0.119 e. The number of ether oxygens (including phenoxy) is 2. The van der Waals surface area contributed by atoms with Gasteiger partial charge in [-0.15, -0.1) is 0 Å². The summed E-state index contributed by atoms with van der Waals surface area (Å²) in [4.78, 5) is 2.47. The highest BCUT2D eigenvalue weighted by atomic mass is 16.5. The number of methoxy groups -OCH3 is 1. The molecule has 1 spiro atoms. The first kappa shape index (κ1) is 15.8. The molecule has 2 unspecified atom stereocenters. The number of nitrogens with zero attached hydrogens (tertiary/aromatic N) is 1. The maximum Gasteiger partial charge on any atom is 0.119 e. The van der Waals surface area contributed by atoms with Crippen LogP contribution in [0.15, 0.2) is 24.3 Å². The number of aliphatic hydroxyl groups excluding tert-OH is 1. The van der Waals surface area contributed by atoms with Crippen molar-refractivity contribution in [2.75, 3.05) is 26.8 Å². The van der Waals surface area contributed by atoms with E-state index < -0.39 is 0 Å². The molecule has 2 fully saturated rings. The fourth-order valence-corrected chi connectivity index (χ4v) is 3.97. The molecule has 1 saturated heterocycles. The topological polar surface area (TPSA) is 41.9 Å². The predicted molar refractivity (Wildman–Crippen MR) is 86.0 cm³/mol. The standard InChI is InChI=1S/C18H27NO3/c1-3-22-17-12-16(20)18(17)7-9-19(10-8-18)13-14-5-4-6-15(11-14)21-2/h4-6,11,16-17,20H,3,7-10,12-13H2,1-2H3. The summed E-state index contributed by atoms with van der Waals surface area (Å²) in [7, 11) is 1.70. The normalized spacial score (nSPS) is 27.6. The second-order valence-electron chi connectivity index (χ2n) is 6.56. The van der Waals surface area contributed by atoms with E-state index in [2.05, 4.69) is 17.0 Å². The summed E-state index contributed by atoms with van der Waals surface area (Å²) in [5, 5.41) is 10.2. The monoisotopic (exact) mass is 305 g/mol. The third-order valence-corrected chi connectivity index (χ3v) is 5.44. The zero-order chi connectivity index (χ0) is 15.6. The zero-order valence-electron chi connectivity index (χ0n) is 13.6. The minimum atomic E-state index is -0.178. The number of piperidine rings is 1. The molecule has 4 heteroatoms. The van der Waals surface area contributed by atoms with Gasteiger partial charge in [0.25, 0.3) is 0 Å². The van der Waals surface area contributed by atoms with Gasteiger partial charge in [0.1, 0.15) is 5.75 Å². The van der Waals surface area contributed by atoms with Gasteiger partial charge in [0.05, 0.1) is 19.3 Å². The molecule has 1 aromatic carbocycles. The first-order valence-electron chi connectivity index (χ1n) is 8.33. The summed E-state index contributed by atoms with van der Waals surface area (Å²) in [6, 6.07) is 8.27. The van der Waals surface area contributed by atoms with Gasteiger partial charge < -0.3 is 14.6 Å². The van der Waals surface area contributed by atoms with Crippen molar-refractivity contribution in [1.29, 1.82) is 0 Å². The van der Waals surface area contributed by atoms with Gasteiger partial charge >= 0.3 is 0 Å². The molecular formula is C18H27NO3. The van der Waals surface area contributed by atoms with Gasteiger partial charge in [0.15, 0.2) is 0 Å². The summed E-state index contributed by atoms with van der Waals surface area (Å²) in [5.74, 6) is 0.914. The van der Waals surface area contributed by atoms with Gasteiger partial charge in [-0.25, -0.2) is 0 Å². The van der Waals surface area contributed by atoms with E-state index in [4.69, 9.17) is 9.47 Å². The number of rotatable bonds is 5. The lowest BCUT2D eigenvalue weighted by atomic mass is 9.58. The molecule has 1 N–H and O–H groups in total. The summed E-state index contributed by atoms with van der Waals surface area (Å²) in [6.45, 7) is 5.78.